The highest BCUT2D eigenvalue weighted by Gasteiger charge is 2.20. The highest BCUT2D eigenvalue weighted by atomic mass is 32.1. The van der Waals surface area contributed by atoms with Crippen molar-refractivity contribution in [2.24, 2.45) is 0 Å². The van der Waals surface area contributed by atoms with Crippen LogP contribution in [0.2, 0.25) is 0 Å². The van der Waals surface area contributed by atoms with Crippen LogP contribution in [0.3, 0.4) is 0 Å². The van der Waals surface area contributed by atoms with Crippen LogP contribution in [0.4, 0.5) is 0 Å². The summed E-state index contributed by atoms with van der Waals surface area (Å²) in [4.78, 5) is 23.6. The van der Waals surface area contributed by atoms with Crippen molar-refractivity contribution in [1.82, 2.24) is 25.6 Å². The second-order valence-corrected chi connectivity index (χ2v) is 5.02. The van der Waals surface area contributed by atoms with E-state index in [0.29, 0.717) is 23.7 Å². The van der Waals surface area contributed by atoms with Gasteiger partial charge in [0.05, 0.1) is 23.7 Å². The van der Waals surface area contributed by atoms with E-state index in [0.717, 1.165) is 5.69 Å². The molecule has 1 aliphatic rings. The van der Waals surface area contributed by atoms with Crippen molar-refractivity contribution >= 4 is 23.2 Å². The highest BCUT2D eigenvalue weighted by Crippen LogP contribution is 2.11. The topological polar surface area (TPSA) is 88.9 Å². The van der Waals surface area contributed by atoms with Crippen molar-refractivity contribution in [3.05, 3.63) is 33.8 Å². The van der Waals surface area contributed by atoms with Crippen LogP contribution in [0, 0.1) is 0 Å². The summed E-state index contributed by atoms with van der Waals surface area (Å²) >= 11 is 1.39. The van der Waals surface area contributed by atoms with Crippen molar-refractivity contribution in [3.63, 3.8) is 0 Å². The molecule has 8 heteroatoms. The number of carbonyl (C=O) groups is 2. The monoisotopic (exact) mass is 277 g/mol. The molecule has 0 radical (unpaired) electrons. The van der Waals surface area contributed by atoms with Gasteiger partial charge in [0.2, 0.25) is 5.91 Å². The number of hydrogen-bond donors (Lipinski definition) is 2. The lowest BCUT2D eigenvalue weighted by Gasteiger charge is -2.14. The summed E-state index contributed by atoms with van der Waals surface area (Å²) in [7, 11) is 0. The molecule has 98 valence electrons. The number of nitrogens with one attached hydrogen (secondary N) is 2. The molecule has 0 saturated carbocycles. The molecular weight excluding hydrogens is 266 g/mol. The van der Waals surface area contributed by atoms with Gasteiger partial charge in [-0.3, -0.25) is 9.59 Å². The third kappa shape index (κ3) is 2.34. The van der Waals surface area contributed by atoms with Crippen LogP contribution < -0.4 is 10.6 Å². The molecule has 0 aliphatic carbocycles. The van der Waals surface area contributed by atoms with Gasteiger partial charge in [-0.25, -0.2) is 4.68 Å². The SMILES string of the molecule is O=C1Cn2nnc(CNC(=O)c3cccs3)c2CN1. The van der Waals surface area contributed by atoms with Gasteiger partial charge in [-0.1, -0.05) is 11.3 Å². The Morgan fingerprint density at radius 2 is 2.47 bits per heavy atom. The minimum atomic E-state index is -0.128. The van der Waals surface area contributed by atoms with Crippen LogP contribution >= 0.6 is 11.3 Å². The molecule has 0 atom stereocenters. The van der Waals surface area contributed by atoms with E-state index in [1.807, 2.05) is 11.4 Å². The predicted molar refractivity (Wildman–Crippen MR) is 67.4 cm³/mol. The summed E-state index contributed by atoms with van der Waals surface area (Å²) < 4.78 is 1.56. The molecule has 2 aromatic rings. The smallest absolute Gasteiger partial charge is 0.261 e. The van der Waals surface area contributed by atoms with E-state index in [9.17, 15) is 9.59 Å². The lowest BCUT2D eigenvalue weighted by atomic mass is 10.2. The number of fused-ring (bicyclic) bond motifs is 1. The van der Waals surface area contributed by atoms with E-state index in [1.165, 1.54) is 11.3 Å². The minimum Gasteiger partial charge on any atom is -0.349 e. The molecule has 0 bridgehead atoms. The van der Waals surface area contributed by atoms with Crippen molar-refractivity contribution in [3.8, 4) is 0 Å². The van der Waals surface area contributed by atoms with E-state index >= 15 is 0 Å². The fourth-order valence-corrected chi connectivity index (χ4v) is 2.50. The summed E-state index contributed by atoms with van der Waals surface area (Å²) in [6.45, 7) is 0.888. The normalized spacial score (nSPS) is 13.8. The standard InChI is InChI=1S/C11H11N5O2S/c17-10-6-16-8(5-12-10)7(14-15-16)4-13-11(18)9-2-1-3-19-9/h1-3H,4-6H2,(H,12,17)(H,13,18). The van der Waals surface area contributed by atoms with Gasteiger partial charge in [0.1, 0.15) is 12.2 Å². The van der Waals surface area contributed by atoms with E-state index in [-0.39, 0.29) is 18.4 Å². The third-order valence-corrected chi connectivity index (χ3v) is 3.69. The Balaban J connectivity index is 1.68. The Labute approximate surface area is 112 Å². The maximum atomic E-state index is 11.8. The largest absolute Gasteiger partial charge is 0.349 e. The predicted octanol–water partition coefficient (Wildman–Crippen LogP) is -0.101. The number of aromatic nitrogens is 3. The molecule has 2 N–H and O–H groups in total. The Morgan fingerprint density at radius 3 is 3.26 bits per heavy atom. The van der Waals surface area contributed by atoms with Gasteiger partial charge in [-0.2, -0.15) is 0 Å². The maximum Gasteiger partial charge on any atom is 0.261 e. The van der Waals surface area contributed by atoms with Gasteiger partial charge < -0.3 is 10.6 Å². The molecule has 2 amide bonds. The van der Waals surface area contributed by atoms with Crippen molar-refractivity contribution in [2.75, 3.05) is 0 Å². The molecule has 1 aliphatic heterocycles. The lowest BCUT2D eigenvalue weighted by molar-refractivity contribution is -0.122. The number of nitrogens with zero attached hydrogens (tertiary/aromatic N) is 3. The molecule has 3 rings (SSSR count). The van der Waals surface area contributed by atoms with Crippen LogP contribution in [0.15, 0.2) is 17.5 Å². The molecular formula is C11H11N5O2S. The first kappa shape index (κ1) is 11.8. The Bertz CT molecular complexity index is 619. The molecule has 2 aromatic heterocycles. The first-order chi connectivity index (χ1) is 9.24. The summed E-state index contributed by atoms with van der Waals surface area (Å²) in [6.07, 6.45) is 0. The maximum absolute atomic E-state index is 11.8. The van der Waals surface area contributed by atoms with Gasteiger partial charge >= 0.3 is 0 Å². The molecule has 3 heterocycles. The zero-order valence-electron chi connectivity index (χ0n) is 9.92. The van der Waals surface area contributed by atoms with Crippen LogP contribution in [0.25, 0.3) is 0 Å². The fourth-order valence-electron chi connectivity index (χ4n) is 1.86. The van der Waals surface area contributed by atoms with E-state index in [4.69, 9.17) is 0 Å². The number of carbonyl (C=O) groups excluding carboxylic acids is 2. The fraction of sp³-hybridized carbons (Fsp3) is 0.273. The zero-order chi connectivity index (χ0) is 13.2. The third-order valence-electron chi connectivity index (χ3n) is 2.83. The van der Waals surface area contributed by atoms with Gasteiger partial charge in [-0.15, -0.1) is 16.4 Å². The molecule has 0 unspecified atom stereocenters. The van der Waals surface area contributed by atoms with Crippen molar-refractivity contribution in [1.29, 1.82) is 0 Å². The lowest BCUT2D eigenvalue weighted by Crippen LogP contribution is -2.35. The average molecular weight is 277 g/mol. The van der Waals surface area contributed by atoms with Gasteiger partial charge in [0.15, 0.2) is 0 Å². The van der Waals surface area contributed by atoms with E-state index < -0.39 is 0 Å². The molecule has 0 fully saturated rings. The molecule has 0 aromatic carbocycles. The Kier molecular flexibility index (Phi) is 3.00. The summed E-state index contributed by atoms with van der Waals surface area (Å²) in [5.74, 6) is -0.205. The van der Waals surface area contributed by atoms with Crippen LogP contribution in [-0.4, -0.2) is 26.8 Å². The van der Waals surface area contributed by atoms with Crippen molar-refractivity contribution < 1.29 is 9.59 Å². The Morgan fingerprint density at radius 1 is 1.58 bits per heavy atom. The second-order valence-electron chi connectivity index (χ2n) is 4.08. The minimum absolute atomic E-state index is 0.0772. The number of amides is 2. The first-order valence-corrected chi connectivity index (χ1v) is 6.61. The van der Waals surface area contributed by atoms with Gasteiger partial charge in [0, 0.05) is 0 Å². The zero-order valence-corrected chi connectivity index (χ0v) is 10.7. The highest BCUT2D eigenvalue weighted by molar-refractivity contribution is 7.12. The quantitative estimate of drug-likeness (QED) is 0.820. The van der Waals surface area contributed by atoms with Crippen molar-refractivity contribution in [2.45, 2.75) is 19.6 Å². The number of rotatable bonds is 3. The molecule has 0 saturated heterocycles. The first-order valence-electron chi connectivity index (χ1n) is 5.73. The van der Waals surface area contributed by atoms with Crippen LogP contribution in [0.1, 0.15) is 21.1 Å². The van der Waals surface area contributed by atoms with E-state index in [2.05, 4.69) is 20.9 Å². The second kappa shape index (κ2) is 4.81. The number of thiophene rings is 1. The molecule has 0 spiro atoms. The molecule has 7 nitrogen and oxygen atoms in total. The number of hydrogen-bond acceptors (Lipinski definition) is 5. The summed E-state index contributed by atoms with van der Waals surface area (Å²) in [5, 5.41) is 15.3. The summed E-state index contributed by atoms with van der Waals surface area (Å²) in [6, 6.07) is 3.59. The summed E-state index contributed by atoms with van der Waals surface area (Å²) in [5.41, 5.74) is 1.52. The van der Waals surface area contributed by atoms with Crippen LogP contribution in [0.5, 0.6) is 0 Å². The average Bonchev–Trinajstić information content (AvgIpc) is 3.05. The van der Waals surface area contributed by atoms with E-state index in [1.54, 1.807) is 10.7 Å². The van der Waals surface area contributed by atoms with Gasteiger partial charge in [0.25, 0.3) is 5.91 Å². The van der Waals surface area contributed by atoms with Gasteiger partial charge in [-0.05, 0) is 11.4 Å². The van der Waals surface area contributed by atoms with Crippen LogP contribution in [-0.2, 0) is 24.4 Å². The Hall–Kier alpha value is -2.22. The molecule has 19 heavy (non-hydrogen) atoms.